The van der Waals surface area contributed by atoms with Crippen molar-refractivity contribution in [3.8, 4) is 0 Å². The minimum atomic E-state index is -0.365. The lowest BCUT2D eigenvalue weighted by molar-refractivity contribution is -0.115. The molecule has 25 heavy (non-hydrogen) atoms. The molecule has 0 aliphatic carbocycles. The van der Waals surface area contributed by atoms with E-state index in [1.165, 1.54) is 18.5 Å². The summed E-state index contributed by atoms with van der Waals surface area (Å²) >= 11 is 0. The normalized spacial score (nSPS) is 13.6. The molecule has 130 valence electrons. The minimum Gasteiger partial charge on any atom is -0.371 e. The summed E-state index contributed by atoms with van der Waals surface area (Å²) in [7, 11) is 0. The molecule has 0 bridgehead atoms. The second-order valence-corrected chi connectivity index (χ2v) is 6.14. The molecule has 1 aliphatic rings. The molecule has 1 saturated heterocycles. The van der Waals surface area contributed by atoms with Crippen molar-refractivity contribution in [1.29, 1.82) is 0 Å². The van der Waals surface area contributed by atoms with Crippen molar-refractivity contribution >= 4 is 23.2 Å². The van der Waals surface area contributed by atoms with E-state index in [-0.39, 0.29) is 18.4 Å². The number of carbonyl (C=O) groups excluding carboxylic acids is 2. The zero-order chi connectivity index (χ0) is 17.6. The van der Waals surface area contributed by atoms with Crippen LogP contribution in [0.3, 0.4) is 0 Å². The van der Waals surface area contributed by atoms with E-state index in [1.807, 2.05) is 25.1 Å². The Morgan fingerprint density at radius 2 is 1.96 bits per heavy atom. The smallest absolute Gasteiger partial charge is 0.270 e. The Hall–Kier alpha value is -2.89. The van der Waals surface area contributed by atoms with Crippen molar-refractivity contribution < 1.29 is 9.59 Å². The number of anilines is 2. The van der Waals surface area contributed by atoms with Gasteiger partial charge in [-0.2, -0.15) is 0 Å². The van der Waals surface area contributed by atoms with Gasteiger partial charge in [-0.25, -0.2) is 0 Å². The molecule has 2 aromatic rings. The van der Waals surface area contributed by atoms with Gasteiger partial charge in [-0.3, -0.25) is 14.6 Å². The van der Waals surface area contributed by atoms with E-state index in [0.717, 1.165) is 24.3 Å². The fraction of sp³-hybridized carbons (Fsp3) is 0.316. The van der Waals surface area contributed by atoms with Gasteiger partial charge in [-0.05, 0) is 55.7 Å². The maximum Gasteiger partial charge on any atom is 0.270 e. The van der Waals surface area contributed by atoms with Gasteiger partial charge in [0.1, 0.15) is 5.69 Å². The molecule has 1 aromatic heterocycles. The molecular weight excluding hydrogens is 316 g/mol. The van der Waals surface area contributed by atoms with Crippen LogP contribution in [0.5, 0.6) is 0 Å². The van der Waals surface area contributed by atoms with Gasteiger partial charge in [0.15, 0.2) is 0 Å². The van der Waals surface area contributed by atoms with Crippen LogP contribution in [-0.2, 0) is 4.79 Å². The fourth-order valence-electron chi connectivity index (χ4n) is 3.00. The maximum atomic E-state index is 12.0. The van der Waals surface area contributed by atoms with Crippen LogP contribution < -0.4 is 15.5 Å². The van der Waals surface area contributed by atoms with Gasteiger partial charge in [0.25, 0.3) is 5.91 Å². The average molecular weight is 338 g/mol. The average Bonchev–Trinajstić information content (AvgIpc) is 3.15. The SMILES string of the molecule is Cc1cc(NC(=O)CNC(=O)c2ccccn2)ccc1N1CCCC1. The molecule has 0 unspecified atom stereocenters. The molecule has 2 N–H and O–H groups in total. The van der Waals surface area contributed by atoms with Crippen molar-refractivity contribution in [3.05, 3.63) is 53.9 Å². The van der Waals surface area contributed by atoms with Crippen molar-refractivity contribution in [3.63, 3.8) is 0 Å². The number of amides is 2. The van der Waals surface area contributed by atoms with Crippen LogP contribution in [0.25, 0.3) is 0 Å². The summed E-state index contributed by atoms with van der Waals surface area (Å²) in [6.45, 7) is 4.13. The summed E-state index contributed by atoms with van der Waals surface area (Å²) in [6.07, 6.45) is 4.00. The van der Waals surface area contributed by atoms with Crippen LogP contribution in [0.4, 0.5) is 11.4 Å². The number of hydrogen-bond acceptors (Lipinski definition) is 4. The Labute approximate surface area is 147 Å². The molecule has 3 rings (SSSR count). The Kier molecular flexibility index (Phi) is 5.28. The number of rotatable bonds is 5. The first-order valence-corrected chi connectivity index (χ1v) is 8.48. The second-order valence-electron chi connectivity index (χ2n) is 6.14. The number of aromatic nitrogens is 1. The number of benzene rings is 1. The minimum absolute atomic E-state index is 0.0949. The molecule has 1 aliphatic heterocycles. The molecule has 0 atom stereocenters. The summed E-state index contributed by atoms with van der Waals surface area (Å²) in [5.41, 5.74) is 3.38. The van der Waals surface area contributed by atoms with Crippen LogP contribution in [0.15, 0.2) is 42.6 Å². The van der Waals surface area contributed by atoms with E-state index >= 15 is 0 Å². The Bertz CT molecular complexity index is 755. The molecule has 2 amide bonds. The van der Waals surface area contributed by atoms with E-state index in [9.17, 15) is 9.59 Å². The van der Waals surface area contributed by atoms with E-state index in [2.05, 4.69) is 20.5 Å². The summed E-state index contributed by atoms with van der Waals surface area (Å²) in [4.78, 5) is 30.3. The molecule has 0 saturated carbocycles. The first-order valence-electron chi connectivity index (χ1n) is 8.48. The summed E-state index contributed by atoms with van der Waals surface area (Å²) in [6, 6.07) is 11.0. The van der Waals surface area contributed by atoms with E-state index in [0.29, 0.717) is 5.69 Å². The zero-order valence-electron chi connectivity index (χ0n) is 14.3. The van der Waals surface area contributed by atoms with Crippen LogP contribution in [0, 0.1) is 6.92 Å². The number of nitrogens with zero attached hydrogens (tertiary/aromatic N) is 2. The predicted octanol–water partition coefficient (Wildman–Crippen LogP) is 2.36. The Balaban J connectivity index is 1.54. The number of carbonyl (C=O) groups is 2. The van der Waals surface area contributed by atoms with Crippen LogP contribution in [-0.4, -0.2) is 36.4 Å². The van der Waals surface area contributed by atoms with Crippen LogP contribution in [0.2, 0.25) is 0 Å². The van der Waals surface area contributed by atoms with E-state index in [4.69, 9.17) is 0 Å². The van der Waals surface area contributed by atoms with Gasteiger partial charge < -0.3 is 15.5 Å². The topological polar surface area (TPSA) is 74.3 Å². The number of hydrogen-bond donors (Lipinski definition) is 2. The number of aryl methyl sites for hydroxylation is 1. The first kappa shape index (κ1) is 17.0. The van der Waals surface area contributed by atoms with Crippen molar-refractivity contribution in [2.24, 2.45) is 0 Å². The van der Waals surface area contributed by atoms with E-state index in [1.54, 1.807) is 24.4 Å². The summed E-state index contributed by atoms with van der Waals surface area (Å²) in [5, 5.41) is 5.38. The Morgan fingerprint density at radius 1 is 1.16 bits per heavy atom. The first-order chi connectivity index (χ1) is 12.1. The summed E-state index contributed by atoms with van der Waals surface area (Å²) < 4.78 is 0. The molecule has 1 fully saturated rings. The highest BCUT2D eigenvalue weighted by atomic mass is 16.2. The molecule has 6 heteroatoms. The van der Waals surface area contributed by atoms with Crippen molar-refractivity contribution in [2.75, 3.05) is 29.9 Å². The number of pyridine rings is 1. The van der Waals surface area contributed by atoms with Crippen molar-refractivity contribution in [1.82, 2.24) is 10.3 Å². The molecule has 0 radical (unpaired) electrons. The van der Waals surface area contributed by atoms with Gasteiger partial charge in [0, 0.05) is 30.7 Å². The zero-order valence-corrected chi connectivity index (χ0v) is 14.3. The standard InChI is InChI=1S/C19H22N4O2/c1-14-12-15(7-8-17(14)23-10-4-5-11-23)22-18(24)13-21-19(25)16-6-2-3-9-20-16/h2-3,6-9,12H,4-5,10-11,13H2,1H3,(H,21,25)(H,22,24). The lowest BCUT2D eigenvalue weighted by atomic mass is 10.1. The van der Waals surface area contributed by atoms with Gasteiger partial charge in [-0.15, -0.1) is 0 Å². The van der Waals surface area contributed by atoms with Gasteiger partial charge in [-0.1, -0.05) is 6.07 Å². The third kappa shape index (κ3) is 4.35. The lowest BCUT2D eigenvalue weighted by Crippen LogP contribution is -2.33. The highest BCUT2D eigenvalue weighted by molar-refractivity contribution is 5.98. The van der Waals surface area contributed by atoms with Gasteiger partial charge in [0.05, 0.1) is 6.54 Å². The third-order valence-corrected chi connectivity index (χ3v) is 4.23. The molecule has 1 aromatic carbocycles. The second kappa shape index (κ2) is 7.79. The van der Waals surface area contributed by atoms with E-state index < -0.39 is 0 Å². The Morgan fingerprint density at radius 3 is 2.64 bits per heavy atom. The van der Waals surface area contributed by atoms with Crippen molar-refractivity contribution in [2.45, 2.75) is 19.8 Å². The lowest BCUT2D eigenvalue weighted by Gasteiger charge is -2.20. The molecule has 0 spiro atoms. The van der Waals surface area contributed by atoms with Crippen LogP contribution in [0.1, 0.15) is 28.9 Å². The monoisotopic (exact) mass is 338 g/mol. The fourth-order valence-corrected chi connectivity index (χ4v) is 3.00. The molecule has 2 heterocycles. The third-order valence-electron chi connectivity index (χ3n) is 4.23. The van der Waals surface area contributed by atoms with Crippen LogP contribution >= 0.6 is 0 Å². The van der Waals surface area contributed by atoms with Gasteiger partial charge in [0.2, 0.25) is 5.91 Å². The highest BCUT2D eigenvalue weighted by Gasteiger charge is 2.15. The molecular formula is C19H22N4O2. The summed E-state index contributed by atoms with van der Waals surface area (Å²) in [5.74, 6) is -0.631. The maximum absolute atomic E-state index is 12.0. The quantitative estimate of drug-likeness (QED) is 0.878. The molecule has 6 nitrogen and oxygen atoms in total. The highest BCUT2D eigenvalue weighted by Crippen LogP contribution is 2.26. The largest absolute Gasteiger partial charge is 0.371 e. The predicted molar refractivity (Wildman–Crippen MR) is 97.8 cm³/mol. The van der Waals surface area contributed by atoms with Gasteiger partial charge >= 0.3 is 0 Å². The number of nitrogens with one attached hydrogen (secondary N) is 2.